The van der Waals surface area contributed by atoms with Gasteiger partial charge < -0.3 is 9.47 Å². The molecule has 0 saturated carbocycles. The van der Waals surface area contributed by atoms with Crippen molar-refractivity contribution >= 4 is 34.4 Å². The number of rotatable bonds is 4. The summed E-state index contributed by atoms with van der Waals surface area (Å²) >= 11 is 11.9. The van der Waals surface area contributed by atoms with Crippen molar-refractivity contribution in [2.24, 2.45) is 5.92 Å². The van der Waals surface area contributed by atoms with Gasteiger partial charge in [0.15, 0.2) is 5.65 Å². The summed E-state index contributed by atoms with van der Waals surface area (Å²) < 4.78 is 2.23. The van der Waals surface area contributed by atoms with E-state index in [1.165, 1.54) is 19.4 Å². The third-order valence-electron chi connectivity index (χ3n) is 4.11. The van der Waals surface area contributed by atoms with Gasteiger partial charge in [-0.2, -0.15) is 0 Å². The van der Waals surface area contributed by atoms with E-state index < -0.39 is 0 Å². The summed E-state index contributed by atoms with van der Waals surface area (Å²) in [5.74, 6) is 2.23. The van der Waals surface area contributed by atoms with Gasteiger partial charge in [-0.05, 0) is 38.4 Å². The largest absolute Gasteiger partial charge is 0.312 e. The molecule has 0 bridgehead atoms. The molecule has 0 spiro atoms. The van der Waals surface area contributed by atoms with Crippen LogP contribution in [-0.4, -0.2) is 45.5 Å². The van der Waals surface area contributed by atoms with Crippen molar-refractivity contribution in [3.63, 3.8) is 0 Å². The number of fused-ring (bicyclic) bond motifs is 1. The highest BCUT2D eigenvalue weighted by molar-refractivity contribution is 6.31. The molecule has 1 aliphatic heterocycles. The molecule has 1 unspecified atom stereocenters. The van der Waals surface area contributed by atoms with Crippen LogP contribution >= 0.6 is 23.2 Å². The number of aryl methyl sites for hydroxylation is 1. The van der Waals surface area contributed by atoms with E-state index in [2.05, 4.69) is 26.5 Å². The molecule has 3 heterocycles. The lowest BCUT2D eigenvalue weighted by atomic mass is 9.98. The quantitative estimate of drug-likeness (QED) is 0.809. The number of piperidine rings is 1. The van der Waals surface area contributed by atoms with E-state index in [9.17, 15) is 0 Å². The van der Waals surface area contributed by atoms with Gasteiger partial charge in [-0.15, -0.1) is 11.6 Å². The van der Waals surface area contributed by atoms with E-state index in [0.29, 0.717) is 16.8 Å². The van der Waals surface area contributed by atoms with Crippen LogP contribution in [0.2, 0.25) is 5.02 Å². The Bertz CT molecular complexity index is 625. The maximum Gasteiger partial charge on any atom is 0.160 e. The standard InChI is InChI=1S/C15H20Cl2N4/c1-20-6-2-3-11(9-20)10-21-14(4-5-16)19-13-7-12(17)8-18-15(13)21/h7-8,11H,2-6,9-10H2,1H3. The van der Waals surface area contributed by atoms with Crippen LogP contribution in [0.15, 0.2) is 12.3 Å². The lowest BCUT2D eigenvalue weighted by Crippen LogP contribution is -2.34. The number of likely N-dealkylation sites (tertiary alicyclic amines) is 1. The van der Waals surface area contributed by atoms with Crippen LogP contribution in [0, 0.1) is 5.92 Å². The fraction of sp³-hybridized carbons (Fsp3) is 0.600. The Morgan fingerprint density at radius 2 is 2.29 bits per heavy atom. The Labute approximate surface area is 135 Å². The smallest absolute Gasteiger partial charge is 0.160 e. The first-order valence-electron chi connectivity index (χ1n) is 7.42. The van der Waals surface area contributed by atoms with Gasteiger partial charge in [-0.25, -0.2) is 9.97 Å². The Kier molecular flexibility index (Phi) is 4.67. The van der Waals surface area contributed by atoms with Crippen LogP contribution in [0.5, 0.6) is 0 Å². The van der Waals surface area contributed by atoms with Gasteiger partial charge in [0.05, 0.1) is 5.02 Å². The summed E-state index contributed by atoms with van der Waals surface area (Å²) in [5.41, 5.74) is 1.79. The van der Waals surface area contributed by atoms with Crippen LogP contribution < -0.4 is 0 Å². The van der Waals surface area contributed by atoms with E-state index in [4.69, 9.17) is 23.2 Å². The first-order chi connectivity index (χ1) is 10.2. The number of nitrogens with zero attached hydrogens (tertiary/aromatic N) is 4. The van der Waals surface area contributed by atoms with Gasteiger partial charge in [-0.3, -0.25) is 0 Å². The molecule has 0 aliphatic carbocycles. The summed E-state index contributed by atoms with van der Waals surface area (Å²) in [4.78, 5) is 11.5. The van der Waals surface area contributed by atoms with Crippen molar-refractivity contribution in [2.45, 2.75) is 25.8 Å². The summed E-state index contributed by atoms with van der Waals surface area (Å²) in [5, 5.41) is 0.627. The number of pyridine rings is 1. The number of aromatic nitrogens is 3. The molecule has 114 valence electrons. The van der Waals surface area contributed by atoms with Gasteiger partial charge in [0.25, 0.3) is 0 Å². The van der Waals surface area contributed by atoms with E-state index in [1.807, 2.05) is 6.07 Å². The predicted molar refractivity (Wildman–Crippen MR) is 87.2 cm³/mol. The number of hydrogen-bond acceptors (Lipinski definition) is 3. The Balaban J connectivity index is 1.93. The predicted octanol–water partition coefficient (Wildman–Crippen LogP) is 3.21. The van der Waals surface area contributed by atoms with Crippen LogP contribution in [0.4, 0.5) is 0 Å². The zero-order chi connectivity index (χ0) is 14.8. The van der Waals surface area contributed by atoms with Crippen LogP contribution in [0.25, 0.3) is 11.2 Å². The van der Waals surface area contributed by atoms with Gasteiger partial charge in [0, 0.05) is 31.6 Å². The second kappa shape index (κ2) is 6.51. The number of halogens is 2. The van der Waals surface area contributed by atoms with E-state index in [1.54, 1.807) is 6.20 Å². The highest BCUT2D eigenvalue weighted by Gasteiger charge is 2.21. The molecule has 1 fully saturated rings. The normalized spacial score (nSPS) is 20.2. The van der Waals surface area contributed by atoms with Crippen molar-refractivity contribution in [3.05, 3.63) is 23.1 Å². The Hall–Kier alpha value is -0.840. The second-order valence-electron chi connectivity index (χ2n) is 5.84. The van der Waals surface area contributed by atoms with Gasteiger partial charge in [0.2, 0.25) is 0 Å². The molecule has 4 nitrogen and oxygen atoms in total. The van der Waals surface area contributed by atoms with Crippen molar-refractivity contribution in [1.82, 2.24) is 19.4 Å². The molecule has 0 radical (unpaired) electrons. The summed E-state index contributed by atoms with van der Waals surface area (Å²) in [7, 11) is 2.19. The zero-order valence-corrected chi connectivity index (χ0v) is 13.7. The average molecular weight is 327 g/mol. The Morgan fingerprint density at radius 1 is 1.43 bits per heavy atom. The Morgan fingerprint density at radius 3 is 3.05 bits per heavy atom. The minimum absolute atomic E-state index is 0.571. The van der Waals surface area contributed by atoms with E-state index in [0.717, 1.165) is 36.5 Å². The van der Waals surface area contributed by atoms with Crippen LogP contribution in [-0.2, 0) is 13.0 Å². The molecule has 2 aromatic rings. The number of alkyl halides is 1. The molecule has 3 rings (SSSR count). The molecule has 0 N–H and O–H groups in total. The van der Waals surface area contributed by atoms with E-state index in [-0.39, 0.29) is 0 Å². The molecule has 6 heteroatoms. The summed E-state index contributed by atoms with van der Waals surface area (Å²) in [6.45, 7) is 3.29. The zero-order valence-electron chi connectivity index (χ0n) is 12.2. The molecule has 2 aromatic heterocycles. The topological polar surface area (TPSA) is 34.0 Å². The average Bonchev–Trinajstić information content (AvgIpc) is 2.76. The van der Waals surface area contributed by atoms with Gasteiger partial charge >= 0.3 is 0 Å². The SMILES string of the molecule is CN1CCCC(Cn2c(CCCl)nc3cc(Cl)cnc32)C1. The maximum atomic E-state index is 6.02. The maximum absolute atomic E-state index is 6.02. The molecular weight excluding hydrogens is 307 g/mol. The van der Waals surface area contributed by atoms with Crippen molar-refractivity contribution in [2.75, 3.05) is 26.0 Å². The minimum Gasteiger partial charge on any atom is -0.312 e. The third kappa shape index (κ3) is 3.33. The first-order valence-corrected chi connectivity index (χ1v) is 8.34. The minimum atomic E-state index is 0.571. The lowest BCUT2D eigenvalue weighted by molar-refractivity contribution is 0.194. The van der Waals surface area contributed by atoms with E-state index >= 15 is 0 Å². The van der Waals surface area contributed by atoms with Gasteiger partial charge in [-0.1, -0.05) is 11.6 Å². The second-order valence-corrected chi connectivity index (χ2v) is 6.66. The van der Waals surface area contributed by atoms with Crippen molar-refractivity contribution in [1.29, 1.82) is 0 Å². The third-order valence-corrected chi connectivity index (χ3v) is 4.51. The van der Waals surface area contributed by atoms with Crippen molar-refractivity contribution in [3.8, 4) is 0 Å². The van der Waals surface area contributed by atoms with Crippen molar-refractivity contribution < 1.29 is 0 Å². The van der Waals surface area contributed by atoms with Crippen LogP contribution in [0.3, 0.4) is 0 Å². The van der Waals surface area contributed by atoms with Crippen LogP contribution in [0.1, 0.15) is 18.7 Å². The number of hydrogen-bond donors (Lipinski definition) is 0. The molecule has 0 amide bonds. The fourth-order valence-electron chi connectivity index (χ4n) is 3.18. The fourth-order valence-corrected chi connectivity index (χ4v) is 3.50. The highest BCUT2D eigenvalue weighted by atomic mass is 35.5. The number of imidazole rings is 1. The summed E-state index contributed by atoms with van der Waals surface area (Å²) in [6, 6.07) is 1.88. The molecule has 1 aliphatic rings. The molecule has 1 atom stereocenters. The van der Waals surface area contributed by atoms with Gasteiger partial charge in [0.1, 0.15) is 11.3 Å². The summed E-state index contributed by atoms with van der Waals surface area (Å²) in [6.07, 6.45) is 4.98. The molecular formula is C15H20Cl2N4. The highest BCUT2D eigenvalue weighted by Crippen LogP contribution is 2.23. The lowest BCUT2D eigenvalue weighted by Gasteiger charge is -2.30. The molecule has 1 saturated heterocycles. The monoisotopic (exact) mass is 326 g/mol. The molecule has 21 heavy (non-hydrogen) atoms. The first kappa shape index (κ1) is 15.1. The molecule has 0 aromatic carbocycles.